The van der Waals surface area contributed by atoms with Gasteiger partial charge >= 0.3 is 0 Å². The third-order valence-corrected chi connectivity index (χ3v) is 2.96. The second kappa shape index (κ2) is 7.33. The maximum Gasteiger partial charge on any atom is 0.153 e. The van der Waals surface area contributed by atoms with Crippen molar-refractivity contribution in [1.29, 1.82) is 0 Å². The first-order valence-corrected chi connectivity index (χ1v) is 6.48. The second-order valence-electron chi connectivity index (χ2n) is 4.04. The van der Waals surface area contributed by atoms with Crippen molar-refractivity contribution >= 4 is 21.8 Å². The summed E-state index contributed by atoms with van der Waals surface area (Å²) in [7, 11) is 0. The van der Waals surface area contributed by atoms with E-state index in [1.54, 1.807) is 12.1 Å². The minimum absolute atomic E-state index is 0.126. The van der Waals surface area contributed by atoms with Crippen molar-refractivity contribution in [2.45, 2.75) is 19.9 Å². The van der Waals surface area contributed by atoms with E-state index < -0.39 is 0 Å². The predicted octanol–water partition coefficient (Wildman–Crippen LogP) is 2.55. The van der Waals surface area contributed by atoms with Crippen molar-refractivity contribution in [3.8, 4) is 0 Å². The van der Waals surface area contributed by atoms with Gasteiger partial charge in [-0.05, 0) is 25.1 Å². The topological polar surface area (TPSA) is 61.8 Å². The number of benzene rings is 1. The molecule has 0 bridgehead atoms. The van der Waals surface area contributed by atoms with Gasteiger partial charge in [-0.2, -0.15) is 0 Å². The largest absolute Gasteiger partial charge is 0.409 e. The molecule has 0 spiro atoms. The highest BCUT2D eigenvalue weighted by Gasteiger charge is 2.10. The summed E-state index contributed by atoms with van der Waals surface area (Å²) in [5, 5.41) is 11.5. The molecule has 0 amide bonds. The molecule has 1 rings (SSSR count). The lowest BCUT2D eigenvalue weighted by atomic mass is 10.2. The molecule has 0 aromatic heterocycles. The molecule has 18 heavy (non-hydrogen) atoms. The highest BCUT2D eigenvalue weighted by molar-refractivity contribution is 9.10. The van der Waals surface area contributed by atoms with Gasteiger partial charge in [-0.1, -0.05) is 34.1 Å². The number of oxime groups is 1. The van der Waals surface area contributed by atoms with Gasteiger partial charge in [0.05, 0.1) is 6.54 Å². The van der Waals surface area contributed by atoms with Crippen LogP contribution in [0.5, 0.6) is 0 Å². The van der Waals surface area contributed by atoms with E-state index in [0.29, 0.717) is 23.1 Å². The van der Waals surface area contributed by atoms with E-state index in [2.05, 4.69) is 21.1 Å². The predicted molar refractivity (Wildman–Crippen MR) is 73.1 cm³/mol. The zero-order valence-corrected chi connectivity index (χ0v) is 11.8. The van der Waals surface area contributed by atoms with Crippen LogP contribution >= 0.6 is 15.9 Å². The van der Waals surface area contributed by atoms with Gasteiger partial charge in [0.2, 0.25) is 0 Å². The van der Waals surface area contributed by atoms with Crippen LogP contribution in [-0.2, 0) is 6.54 Å². The van der Waals surface area contributed by atoms with Crippen molar-refractivity contribution in [1.82, 2.24) is 4.90 Å². The van der Waals surface area contributed by atoms with Gasteiger partial charge in [0.1, 0.15) is 5.82 Å². The van der Waals surface area contributed by atoms with Crippen LogP contribution in [0.4, 0.5) is 4.39 Å². The molecule has 0 radical (unpaired) electrons. The molecule has 0 aliphatic rings. The molecule has 0 saturated carbocycles. The standard InChI is InChI=1S/C12H17BrFN3O/c1-2-5-17(8-12(15)16-18)7-9-3-4-10(13)6-11(9)14/h3-4,6,18H,2,5,7-8H2,1H3,(H2,15,16). The minimum Gasteiger partial charge on any atom is -0.409 e. The minimum atomic E-state index is -0.259. The van der Waals surface area contributed by atoms with Gasteiger partial charge in [0.25, 0.3) is 0 Å². The summed E-state index contributed by atoms with van der Waals surface area (Å²) >= 11 is 3.22. The number of amidine groups is 1. The molecule has 100 valence electrons. The van der Waals surface area contributed by atoms with Gasteiger partial charge in [-0.3, -0.25) is 4.90 Å². The summed E-state index contributed by atoms with van der Waals surface area (Å²) < 4.78 is 14.4. The van der Waals surface area contributed by atoms with E-state index in [1.807, 2.05) is 11.8 Å². The van der Waals surface area contributed by atoms with Crippen LogP contribution in [-0.4, -0.2) is 29.0 Å². The van der Waals surface area contributed by atoms with Gasteiger partial charge in [-0.15, -0.1) is 0 Å². The number of nitrogens with zero attached hydrogens (tertiary/aromatic N) is 2. The van der Waals surface area contributed by atoms with E-state index >= 15 is 0 Å². The third-order valence-electron chi connectivity index (χ3n) is 2.46. The molecular formula is C12H17BrFN3O. The first-order valence-electron chi connectivity index (χ1n) is 5.69. The average molecular weight is 318 g/mol. The zero-order chi connectivity index (χ0) is 13.5. The van der Waals surface area contributed by atoms with E-state index in [1.165, 1.54) is 6.07 Å². The molecule has 6 heteroatoms. The summed E-state index contributed by atoms with van der Waals surface area (Å²) in [4.78, 5) is 1.93. The fourth-order valence-corrected chi connectivity index (χ4v) is 2.01. The quantitative estimate of drug-likeness (QED) is 0.367. The smallest absolute Gasteiger partial charge is 0.153 e. The molecule has 1 aromatic rings. The van der Waals surface area contributed by atoms with Crippen LogP contribution in [0.15, 0.2) is 27.8 Å². The fraction of sp³-hybridized carbons (Fsp3) is 0.417. The van der Waals surface area contributed by atoms with Crippen LogP contribution in [0.1, 0.15) is 18.9 Å². The van der Waals surface area contributed by atoms with Crippen molar-refractivity contribution < 1.29 is 9.60 Å². The van der Waals surface area contributed by atoms with Crippen molar-refractivity contribution in [3.63, 3.8) is 0 Å². The molecule has 0 heterocycles. The van der Waals surface area contributed by atoms with Gasteiger partial charge in [0, 0.05) is 16.6 Å². The summed E-state index contributed by atoms with van der Waals surface area (Å²) in [5.74, 6) is -0.133. The molecular weight excluding hydrogens is 301 g/mol. The van der Waals surface area contributed by atoms with Crippen LogP contribution in [0.25, 0.3) is 0 Å². The first kappa shape index (κ1) is 14.9. The maximum absolute atomic E-state index is 13.7. The Morgan fingerprint density at radius 2 is 2.28 bits per heavy atom. The summed E-state index contributed by atoms with van der Waals surface area (Å²) in [6.45, 7) is 3.53. The SMILES string of the molecule is CCCN(CC(N)=NO)Cc1ccc(Br)cc1F. The zero-order valence-electron chi connectivity index (χ0n) is 10.2. The molecule has 0 fully saturated rings. The molecule has 1 aromatic carbocycles. The number of rotatable bonds is 6. The lowest BCUT2D eigenvalue weighted by Crippen LogP contribution is -2.34. The number of halogens is 2. The Bertz CT molecular complexity index is 426. The Balaban J connectivity index is 2.76. The Kier molecular flexibility index (Phi) is 6.07. The van der Waals surface area contributed by atoms with Gasteiger partial charge < -0.3 is 10.9 Å². The van der Waals surface area contributed by atoms with Crippen LogP contribution in [0.2, 0.25) is 0 Å². The summed E-state index contributed by atoms with van der Waals surface area (Å²) in [6.07, 6.45) is 0.914. The Labute approximate surface area is 114 Å². The Morgan fingerprint density at radius 1 is 1.56 bits per heavy atom. The number of hydrogen-bond donors (Lipinski definition) is 2. The lowest BCUT2D eigenvalue weighted by molar-refractivity contribution is 0.283. The van der Waals surface area contributed by atoms with Crippen molar-refractivity contribution in [2.75, 3.05) is 13.1 Å². The molecule has 0 atom stereocenters. The van der Waals surface area contributed by atoms with Crippen LogP contribution in [0.3, 0.4) is 0 Å². The number of hydrogen-bond acceptors (Lipinski definition) is 3. The van der Waals surface area contributed by atoms with E-state index in [-0.39, 0.29) is 11.7 Å². The lowest BCUT2D eigenvalue weighted by Gasteiger charge is -2.21. The number of nitrogens with two attached hydrogens (primary N) is 1. The molecule has 3 N–H and O–H groups in total. The van der Waals surface area contributed by atoms with Crippen LogP contribution < -0.4 is 5.73 Å². The Morgan fingerprint density at radius 3 is 2.83 bits per heavy atom. The molecule has 4 nitrogen and oxygen atoms in total. The van der Waals surface area contributed by atoms with E-state index in [4.69, 9.17) is 10.9 Å². The first-order chi connectivity index (χ1) is 8.56. The molecule has 0 aliphatic carbocycles. The van der Waals surface area contributed by atoms with Crippen molar-refractivity contribution in [3.05, 3.63) is 34.1 Å². The molecule has 0 saturated heterocycles. The van der Waals surface area contributed by atoms with Crippen LogP contribution in [0, 0.1) is 5.82 Å². The Hall–Kier alpha value is -1.14. The third kappa shape index (κ3) is 4.62. The summed E-state index contributed by atoms with van der Waals surface area (Å²) in [6, 6.07) is 4.96. The van der Waals surface area contributed by atoms with E-state index in [0.717, 1.165) is 13.0 Å². The van der Waals surface area contributed by atoms with Gasteiger partial charge in [0.15, 0.2) is 5.84 Å². The van der Waals surface area contributed by atoms with Gasteiger partial charge in [-0.25, -0.2) is 4.39 Å². The fourth-order valence-electron chi connectivity index (χ4n) is 1.68. The monoisotopic (exact) mass is 317 g/mol. The molecule has 0 aliphatic heterocycles. The van der Waals surface area contributed by atoms with E-state index in [9.17, 15) is 4.39 Å². The average Bonchev–Trinajstić information content (AvgIpc) is 2.32. The summed E-state index contributed by atoms with van der Waals surface area (Å²) in [5.41, 5.74) is 6.07. The highest BCUT2D eigenvalue weighted by Crippen LogP contribution is 2.16. The highest BCUT2D eigenvalue weighted by atomic mass is 79.9. The maximum atomic E-state index is 13.7. The molecule has 0 unspecified atom stereocenters. The van der Waals surface area contributed by atoms with Crippen molar-refractivity contribution in [2.24, 2.45) is 10.9 Å². The second-order valence-corrected chi connectivity index (χ2v) is 4.95. The normalized spacial score (nSPS) is 12.1.